The van der Waals surface area contributed by atoms with Crippen LogP contribution in [0.3, 0.4) is 0 Å². The van der Waals surface area contributed by atoms with Gasteiger partial charge in [0.2, 0.25) is 0 Å². The fraction of sp³-hybridized carbons (Fsp3) is 0.375. The molecule has 3 nitrogen and oxygen atoms in total. The molecular weight excluding hydrogens is 238 g/mol. The van der Waals surface area contributed by atoms with Gasteiger partial charge in [-0.1, -0.05) is 39.0 Å². The van der Waals surface area contributed by atoms with E-state index in [1.807, 2.05) is 25.1 Å². The zero-order valence-electron chi connectivity index (χ0n) is 11.8. The second-order valence-electron chi connectivity index (χ2n) is 5.95. The quantitative estimate of drug-likeness (QED) is 0.896. The summed E-state index contributed by atoms with van der Waals surface area (Å²) in [5, 5.41) is 10.0. The van der Waals surface area contributed by atoms with E-state index in [0.717, 1.165) is 22.0 Å². The van der Waals surface area contributed by atoms with E-state index in [9.17, 15) is 4.79 Å². The summed E-state index contributed by atoms with van der Waals surface area (Å²) < 4.78 is 0. The number of hydrogen-bond donors (Lipinski definition) is 1. The second kappa shape index (κ2) is 4.65. The fourth-order valence-electron chi connectivity index (χ4n) is 2.34. The highest BCUT2D eigenvalue weighted by Crippen LogP contribution is 2.30. The summed E-state index contributed by atoms with van der Waals surface area (Å²) in [5.41, 5.74) is 3.76. The number of nitrogens with zero attached hydrogens (tertiary/aromatic N) is 1. The molecule has 1 aromatic carbocycles. The first-order valence-corrected chi connectivity index (χ1v) is 6.40. The first-order valence-electron chi connectivity index (χ1n) is 6.40. The zero-order chi connectivity index (χ0) is 14.2. The van der Waals surface area contributed by atoms with Crippen LogP contribution in [0.25, 0.3) is 10.9 Å². The Morgan fingerprint density at radius 1 is 1.32 bits per heavy atom. The van der Waals surface area contributed by atoms with Crippen LogP contribution in [0.2, 0.25) is 0 Å². The molecule has 3 heteroatoms. The van der Waals surface area contributed by atoms with Gasteiger partial charge in [0.25, 0.3) is 0 Å². The summed E-state index contributed by atoms with van der Waals surface area (Å²) in [6, 6.07) is 8.01. The van der Waals surface area contributed by atoms with Gasteiger partial charge in [-0.2, -0.15) is 0 Å². The minimum Gasteiger partial charge on any atom is -0.481 e. The SMILES string of the molecule is Cc1cc(CC(=O)O)nc2c(C(C)(C)C)cccc12. The smallest absolute Gasteiger partial charge is 0.309 e. The molecule has 0 aliphatic rings. The Morgan fingerprint density at radius 2 is 2.00 bits per heavy atom. The first-order chi connectivity index (χ1) is 8.79. The standard InChI is InChI=1S/C16H19NO2/c1-10-8-11(9-14(18)19)17-15-12(10)6-5-7-13(15)16(2,3)4/h5-8H,9H2,1-4H3,(H,18,19). The van der Waals surface area contributed by atoms with Crippen molar-refractivity contribution < 1.29 is 9.90 Å². The number of para-hydroxylation sites is 1. The fourth-order valence-corrected chi connectivity index (χ4v) is 2.34. The molecule has 0 bridgehead atoms. The second-order valence-corrected chi connectivity index (χ2v) is 5.95. The van der Waals surface area contributed by atoms with Gasteiger partial charge in [0.05, 0.1) is 17.6 Å². The van der Waals surface area contributed by atoms with Crippen LogP contribution >= 0.6 is 0 Å². The largest absolute Gasteiger partial charge is 0.481 e. The van der Waals surface area contributed by atoms with Gasteiger partial charge in [0.15, 0.2) is 0 Å². The van der Waals surface area contributed by atoms with E-state index in [2.05, 4.69) is 31.8 Å². The summed E-state index contributed by atoms with van der Waals surface area (Å²) in [5.74, 6) is -0.848. The Balaban J connectivity index is 2.72. The van der Waals surface area contributed by atoms with Gasteiger partial charge in [0, 0.05) is 5.39 Å². The number of carboxylic acids is 1. The molecule has 0 aliphatic heterocycles. The number of fused-ring (bicyclic) bond motifs is 1. The Morgan fingerprint density at radius 3 is 2.58 bits per heavy atom. The molecule has 0 amide bonds. The summed E-state index contributed by atoms with van der Waals surface area (Å²) >= 11 is 0. The molecule has 0 saturated heterocycles. The molecular formula is C16H19NO2. The van der Waals surface area contributed by atoms with Crippen molar-refractivity contribution in [2.45, 2.75) is 39.5 Å². The number of carbonyl (C=O) groups is 1. The molecule has 0 unspecified atom stereocenters. The van der Waals surface area contributed by atoms with Crippen molar-refractivity contribution in [3.05, 3.63) is 41.1 Å². The van der Waals surface area contributed by atoms with Gasteiger partial charge in [-0.3, -0.25) is 9.78 Å². The van der Waals surface area contributed by atoms with E-state index in [4.69, 9.17) is 5.11 Å². The van der Waals surface area contributed by atoms with Crippen LogP contribution in [0.1, 0.15) is 37.6 Å². The summed E-state index contributed by atoms with van der Waals surface area (Å²) in [6.07, 6.45) is -0.0325. The molecule has 1 heterocycles. The number of rotatable bonds is 2. The maximum atomic E-state index is 10.9. The maximum absolute atomic E-state index is 10.9. The topological polar surface area (TPSA) is 50.2 Å². The maximum Gasteiger partial charge on any atom is 0.309 e. The Labute approximate surface area is 113 Å². The highest BCUT2D eigenvalue weighted by Gasteiger charge is 2.18. The van der Waals surface area contributed by atoms with Crippen molar-refractivity contribution in [3.8, 4) is 0 Å². The number of pyridine rings is 1. The van der Waals surface area contributed by atoms with Gasteiger partial charge < -0.3 is 5.11 Å². The predicted molar refractivity (Wildman–Crippen MR) is 76.5 cm³/mol. The molecule has 0 atom stereocenters. The number of carboxylic acid groups (broad SMARTS) is 1. The zero-order valence-corrected chi connectivity index (χ0v) is 11.8. The number of aryl methyl sites for hydroxylation is 1. The van der Waals surface area contributed by atoms with Gasteiger partial charge in [-0.05, 0) is 29.5 Å². The molecule has 0 aliphatic carbocycles. The summed E-state index contributed by atoms with van der Waals surface area (Å²) in [4.78, 5) is 15.4. The highest BCUT2D eigenvalue weighted by molar-refractivity contribution is 5.86. The number of hydrogen-bond acceptors (Lipinski definition) is 2. The van der Waals surface area contributed by atoms with E-state index in [1.165, 1.54) is 0 Å². The van der Waals surface area contributed by atoms with Crippen LogP contribution in [0.15, 0.2) is 24.3 Å². The summed E-state index contributed by atoms with van der Waals surface area (Å²) in [7, 11) is 0. The van der Waals surface area contributed by atoms with Crippen LogP contribution in [-0.2, 0) is 16.6 Å². The van der Waals surface area contributed by atoms with Crippen molar-refractivity contribution in [3.63, 3.8) is 0 Å². The van der Waals surface area contributed by atoms with Crippen molar-refractivity contribution in [2.24, 2.45) is 0 Å². The van der Waals surface area contributed by atoms with Gasteiger partial charge in [-0.25, -0.2) is 0 Å². The Hall–Kier alpha value is -1.90. The van der Waals surface area contributed by atoms with Crippen LogP contribution in [0.5, 0.6) is 0 Å². The van der Waals surface area contributed by atoms with Crippen molar-refractivity contribution >= 4 is 16.9 Å². The number of aliphatic carboxylic acids is 1. The normalized spacial score (nSPS) is 11.8. The third kappa shape index (κ3) is 2.75. The number of benzene rings is 1. The lowest BCUT2D eigenvalue weighted by molar-refractivity contribution is -0.136. The van der Waals surface area contributed by atoms with Crippen molar-refractivity contribution in [1.29, 1.82) is 0 Å². The average molecular weight is 257 g/mol. The van der Waals surface area contributed by atoms with E-state index < -0.39 is 5.97 Å². The third-order valence-corrected chi connectivity index (χ3v) is 3.24. The van der Waals surface area contributed by atoms with Crippen LogP contribution in [-0.4, -0.2) is 16.1 Å². The highest BCUT2D eigenvalue weighted by atomic mass is 16.4. The average Bonchev–Trinajstić information content (AvgIpc) is 2.26. The molecule has 0 radical (unpaired) electrons. The predicted octanol–water partition coefficient (Wildman–Crippen LogP) is 3.47. The van der Waals surface area contributed by atoms with Gasteiger partial charge in [-0.15, -0.1) is 0 Å². The minimum absolute atomic E-state index is 0.0131. The molecule has 19 heavy (non-hydrogen) atoms. The summed E-state index contributed by atoms with van der Waals surface area (Å²) in [6.45, 7) is 8.43. The molecule has 2 rings (SSSR count). The Kier molecular flexibility index (Phi) is 3.31. The van der Waals surface area contributed by atoms with E-state index in [1.54, 1.807) is 0 Å². The molecule has 2 aromatic rings. The molecule has 1 N–H and O–H groups in total. The third-order valence-electron chi connectivity index (χ3n) is 3.24. The lowest BCUT2D eigenvalue weighted by Gasteiger charge is -2.21. The van der Waals surface area contributed by atoms with E-state index in [-0.39, 0.29) is 11.8 Å². The minimum atomic E-state index is -0.848. The lowest BCUT2D eigenvalue weighted by Crippen LogP contribution is -2.13. The molecule has 0 fully saturated rings. The molecule has 0 saturated carbocycles. The van der Waals surface area contributed by atoms with Gasteiger partial charge >= 0.3 is 5.97 Å². The molecule has 100 valence electrons. The number of aromatic nitrogens is 1. The first kappa shape index (κ1) is 13.5. The van der Waals surface area contributed by atoms with Crippen molar-refractivity contribution in [2.75, 3.05) is 0 Å². The monoisotopic (exact) mass is 257 g/mol. The van der Waals surface area contributed by atoms with Crippen LogP contribution in [0.4, 0.5) is 0 Å². The van der Waals surface area contributed by atoms with Gasteiger partial charge in [0.1, 0.15) is 0 Å². The van der Waals surface area contributed by atoms with E-state index in [0.29, 0.717) is 5.69 Å². The van der Waals surface area contributed by atoms with Crippen LogP contribution in [0, 0.1) is 6.92 Å². The molecule has 0 spiro atoms. The lowest BCUT2D eigenvalue weighted by atomic mass is 9.85. The molecule has 1 aromatic heterocycles. The van der Waals surface area contributed by atoms with Crippen molar-refractivity contribution in [1.82, 2.24) is 4.98 Å². The Bertz CT molecular complexity index is 639. The van der Waals surface area contributed by atoms with E-state index >= 15 is 0 Å². The van der Waals surface area contributed by atoms with Crippen LogP contribution < -0.4 is 0 Å².